The van der Waals surface area contributed by atoms with E-state index in [1.54, 1.807) is 0 Å². The maximum atomic E-state index is 11.4. The van der Waals surface area contributed by atoms with E-state index in [9.17, 15) is 4.79 Å². The third-order valence-electron chi connectivity index (χ3n) is 10.9. The van der Waals surface area contributed by atoms with E-state index in [-0.39, 0.29) is 5.56 Å². The Labute approximate surface area is 316 Å². The maximum absolute atomic E-state index is 11.4. The third kappa shape index (κ3) is 10.1. The summed E-state index contributed by atoms with van der Waals surface area (Å²) in [6.45, 7) is 5.37. The molecular formula is C41H54N10O3. The zero-order valence-electron chi connectivity index (χ0n) is 31.4. The number of tetrazole rings is 2. The second-order valence-corrected chi connectivity index (χ2v) is 14.9. The van der Waals surface area contributed by atoms with Gasteiger partial charge in [-0.15, -0.1) is 10.2 Å². The van der Waals surface area contributed by atoms with Gasteiger partial charge in [-0.1, -0.05) is 51.2 Å². The molecule has 286 valence electrons. The summed E-state index contributed by atoms with van der Waals surface area (Å²) >= 11 is 0. The molecule has 3 aromatic heterocycles. The molecule has 0 spiro atoms. The van der Waals surface area contributed by atoms with Gasteiger partial charge >= 0.3 is 0 Å². The van der Waals surface area contributed by atoms with E-state index in [1.807, 2.05) is 28.9 Å². The van der Waals surface area contributed by atoms with Crippen LogP contribution in [-0.2, 0) is 19.3 Å². The van der Waals surface area contributed by atoms with Crippen molar-refractivity contribution in [3.05, 3.63) is 88.4 Å². The fraction of sp³-hybridized carbons (Fsp3) is 0.537. The highest BCUT2D eigenvalue weighted by Crippen LogP contribution is 2.31. The summed E-state index contributed by atoms with van der Waals surface area (Å²) in [6.07, 6.45) is 20.4. The van der Waals surface area contributed by atoms with Gasteiger partial charge in [0.15, 0.2) is 11.6 Å². The number of aromatic amines is 1. The Morgan fingerprint density at radius 3 is 1.89 bits per heavy atom. The Bertz CT molecular complexity index is 2010. The zero-order valence-corrected chi connectivity index (χ0v) is 31.4. The number of ether oxygens (including phenoxy) is 2. The monoisotopic (exact) mass is 734 g/mol. The Balaban J connectivity index is 0.000000167. The van der Waals surface area contributed by atoms with Crippen molar-refractivity contribution in [1.29, 1.82) is 0 Å². The fourth-order valence-electron chi connectivity index (χ4n) is 7.86. The van der Waals surface area contributed by atoms with Crippen LogP contribution >= 0.6 is 0 Å². The number of aryl methyl sites for hydroxylation is 3. The molecule has 3 aliphatic rings. The van der Waals surface area contributed by atoms with Crippen molar-refractivity contribution in [2.45, 2.75) is 128 Å². The van der Waals surface area contributed by atoms with Crippen LogP contribution in [0.1, 0.15) is 126 Å². The van der Waals surface area contributed by atoms with Crippen LogP contribution in [0, 0.1) is 0 Å². The molecule has 0 unspecified atom stereocenters. The van der Waals surface area contributed by atoms with Crippen LogP contribution in [0.3, 0.4) is 0 Å². The summed E-state index contributed by atoms with van der Waals surface area (Å²) in [5, 5.41) is 29.1. The van der Waals surface area contributed by atoms with Crippen molar-refractivity contribution < 1.29 is 9.47 Å². The highest BCUT2D eigenvalue weighted by atomic mass is 16.5. The molecule has 4 heterocycles. The molecule has 0 bridgehead atoms. The van der Waals surface area contributed by atoms with Crippen molar-refractivity contribution >= 4 is 16.6 Å². The second-order valence-electron chi connectivity index (χ2n) is 14.9. The standard InChI is InChI=1S/C21H29N5O.C20H25N5O2/c1-16-10-11-17-12-13-19(15-20(17)22-16)27-14-6-5-9-21-23-24-25-26(21)18-7-3-2-4-8-18;26-20-12-10-15-9-11-17(14-18(15)21-20)27-13-5-4-8-19-22-23-24-25(19)16-6-2-1-3-7-16/h12-13,15,18,22H,1-11,14H2;9-12,14,16H,1-8,13H2,(H,21,26). The Hall–Kier alpha value is -5.07. The number of hydrogen-bond donors (Lipinski definition) is 2. The highest BCUT2D eigenvalue weighted by Gasteiger charge is 2.21. The van der Waals surface area contributed by atoms with Gasteiger partial charge in [-0.25, -0.2) is 9.36 Å². The lowest BCUT2D eigenvalue weighted by Crippen LogP contribution is -2.17. The van der Waals surface area contributed by atoms with Gasteiger partial charge in [0.2, 0.25) is 5.56 Å². The summed E-state index contributed by atoms with van der Waals surface area (Å²) in [5.41, 5.74) is 4.25. The maximum Gasteiger partial charge on any atom is 0.248 e. The summed E-state index contributed by atoms with van der Waals surface area (Å²) in [4.78, 5) is 14.3. The van der Waals surface area contributed by atoms with Crippen LogP contribution in [0.15, 0.2) is 65.6 Å². The largest absolute Gasteiger partial charge is 0.494 e. The molecule has 5 aromatic rings. The topological polar surface area (TPSA) is 151 Å². The number of nitrogens with one attached hydrogen (secondary N) is 2. The smallest absolute Gasteiger partial charge is 0.248 e. The van der Waals surface area contributed by atoms with Gasteiger partial charge in [0, 0.05) is 42.4 Å². The normalized spacial score (nSPS) is 16.3. The summed E-state index contributed by atoms with van der Waals surface area (Å²) in [7, 11) is 0. The van der Waals surface area contributed by atoms with E-state index < -0.39 is 0 Å². The van der Waals surface area contributed by atoms with Crippen LogP contribution in [0.5, 0.6) is 11.5 Å². The van der Waals surface area contributed by atoms with Gasteiger partial charge in [0.05, 0.1) is 30.8 Å². The van der Waals surface area contributed by atoms with Gasteiger partial charge in [0.25, 0.3) is 0 Å². The number of rotatable bonds is 14. The van der Waals surface area contributed by atoms with Gasteiger partial charge in [-0.2, -0.15) is 0 Å². The summed E-state index contributed by atoms with van der Waals surface area (Å²) in [6, 6.07) is 16.4. The first-order valence-electron chi connectivity index (χ1n) is 20.1. The van der Waals surface area contributed by atoms with E-state index in [1.165, 1.54) is 75.8 Å². The quantitative estimate of drug-likeness (QED) is 0.108. The van der Waals surface area contributed by atoms with Crippen molar-refractivity contribution in [2.75, 3.05) is 18.5 Å². The second kappa shape index (κ2) is 18.8. The number of anilines is 1. The van der Waals surface area contributed by atoms with E-state index >= 15 is 0 Å². The molecule has 0 atom stereocenters. The molecule has 8 rings (SSSR count). The molecule has 0 saturated heterocycles. The predicted molar refractivity (Wildman–Crippen MR) is 209 cm³/mol. The van der Waals surface area contributed by atoms with Crippen molar-refractivity contribution in [1.82, 2.24) is 45.4 Å². The lowest BCUT2D eigenvalue weighted by molar-refractivity contribution is 0.300. The number of H-pyrrole nitrogens is 1. The number of unbranched alkanes of at least 4 members (excludes halogenated alkanes) is 2. The fourth-order valence-corrected chi connectivity index (χ4v) is 7.86. The molecule has 13 heteroatoms. The molecule has 0 amide bonds. The van der Waals surface area contributed by atoms with E-state index in [2.05, 4.69) is 70.8 Å². The van der Waals surface area contributed by atoms with Crippen molar-refractivity contribution in [3.63, 3.8) is 0 Å². The van der Waals surface area contributed by atoms with Gasteiger partial charge in [-0.05, 0) is 120 Å². The molecular weight excluding hydrogens is 681 g/mol. The minimum atomic E-state index is -0.102. The first-order chi connectivity index (χ1) is 26.6. The van der Waals surface area contributed by atoms with Crippen LogP contribution in [0.4, 0.5) is 5.69 Å². The minimum absolute atomic E-state index is 0.102. The third-order valence-corrected chi connectivity index (χ3v) is 10.9. The highest BCUT2D eigenvalue weighted by molar-refractivity contribution is 5.79. The Morgan fingerprint density at radius 2 is 1.26 bits per heavy atom. The molecule has 2 aromatic carbocycles. The number of allylic oxidation sites excluding steroid dienone is 1. The van der Waals surface area contributed by atoms with E-state index in [4.69, 9.17) is 9.47 Å². The number of fused-ring (bicyclic) bond motifs is 2. The lowest BCUT2D eigenvalue weighted by Gasteiger charge is -2.22. The van der Waals surface area contributed by atoms with Gasteiger partial charge < -0.3 is 19.8 Å². The van der Waals surface area contributed by atoms with Gasteiger partial charge in [-0.3, -0.25) is 4.79 Å². The lowest BCUT2D eigenvalue weighted by atomic mass is 9.95. The molecule has 2 aliphatic carbocycles. The first-order valence-corrected chi connectivity index (χ1v) is 20.1. The van der Waals surface area contributed by atoms with E-state index in [0.29, 0.717) is 25.3 Å². The van der Waals surface area contributed by atoms with Crippen molar-refractivity contribution in [3.8, 4) is 11.5 Å². The Kier molecular flexibility index (Phi) is 13.0. The number of nitrogens with zero attached hydrogens (tertiary/aromatic N) is 8. The molecule has 1 aliphatic heterocycles. The number of hydrogen-bond acceptors (Lipinski definition) is 10. The molecule has 2 fully saturated rings. The Morgan fingerprint density at radius 1 is 0.685 bits per heavy atom. The molecule has 0 radical (unpaired) electrons. The number of aromatic nitrogens is 9. The summed E-state index contributed by atoms with van der Waals surface area (Å²) < 4.78 is 15.9. The number of benzene rings is 2. The zero-order chi connectivity index (χ0) is 37.0. The predicted octanol–water partition coefficient (Wildman–Crippen LogP) is 7.87. The SMILES string of the molecule is C=C1CCc2ccc(OCCCCc3nnnn3C3CCCCC3)cc2N1.O=c1ccc2ccc(OCCCCc3nnnn3C3CCCCC3)cc2[nH]1. The average molecular weight is 735 g/mol. The molecule has 13 nitrogen and oxygen atoms in total. The van der Waals surface area contributed by atoms with Crippen LogP contribution < -0.4 is 20.3 Å². The average Bonchev–Trinajstić information content (AvgIpc) is 3.88. The van der Waals surface area contributed by atoms with Gasteiger partial charge in [0.1, 0.15) is 11.5 Å². The molecule has 2 saturated carbocycles. The first kappa shape index (κ1) is 37.3. The van der Waals surface area contributed by atoms with Crippen LogP contribution in [0.2, 0.25) is 0 Å². The summed E-state index contributed by atoms with van der Waals surface area (Å²) in [5.74, 6) is 3.71. The minimum Gasteiger partial charge on any atom is -0.494 e. The number of pyridine rings is 1. The molecule has 2 N–H and O–H groups in total. The molecule has 54 heavy (non-hydrogen) atoms. The van der Waals surface area contributed by atoms with Crippen LogP contribution in [-0.4, -0.2) is 58.6 Å². The van der Waals surface area contributed by atoms with Crippen LogP contribution in [0.25, 0.3) is 10.9 Å². The van der Waals surface area contributed by atoms with Crippen molar-refractivity contribution in [2.24, 2.45) is 0 Å². The van der Waals surface area contributed by atoms with E-state index in [0.717, 1.165) is 96.8 Å².